The van der Waals surface area contributed by atoms with Crippen molar-refractivity contribution in [2.45, 2.75) is 12.5 Å². The predicted octanol–water partition coefficient (Wildman–Crippen LogP) is 0.687. The van der Waals surface area contributed by atoms with Crippen LogP contribution in [0.4, 0.5) is 0 Å². The number of amides is 1. The molecule has 2 fully saturated rings. The van der Waals surface area contributed by atoms with Crippen LogP contribution in [0.5, 0.6) is 0 Å². The molecule has 2 saturated heterocycles. The number of ether oxygens (including phenoxy) is 1. The van der Waals surface area contributed by atoms with Crippen LogP contribution in [0.1, 0.15) is 18.0 Å². The number of carbonyl (C=O) groups excluding carboxylic acids is 1. The highest BCUT2D eigenvalue weighted by Crippen LogP contribution is 2.25. The molecule has 5 heteroatoms. The molecule has 0 aromatic carbocycles. The molecule has 3 heterocycles. The Labute approximate surface area is 113 Å². The molecular weight excluding hydrogens is 242 g/mol. The molecule has 1 aromatic heterocycles. The van der Waals surface area contributed by atoms with Crippen LogP contribution in [0.3, 0.4) is 0 Å². The summed E-state index contributed by atoms with van der Waals surface area (Å²) in [5.74, 6) is 0.209. The topological polar surface area (TPSA) is 45.7 Å². The lowest BCUT2D eigenvalue weighted by atomic mass is 10.0. The number of hydrogen-bond acceptors (Lipinski definition) is 4. The van der Waals surface area contributed by atoms with E-state index in [1.165, 1.54) is 0 Å². The van der Waals surface area contributed by atoms with Crippen LogP contribution in [0.2, 0.25) is 0 Å². The standard InChI is InChI=1S/C14H19N3O2/c18-14(17-5-2-6-17)13(12-3-1-4-15-11-12)16-7-9-19-10-8-16/h1,3-4,11,13H,2,5-10H2. The van der Waals surface area contributed by atoms with Crippen molar-refractivity contribution in [1.82, 2.24) is 14.8 Å². The molecular formula is C14H19N3O2. The van der Waals surface area contributed by atoms with Crippen LogP contribution in [0.25, 0.3) is 0 Å². The minimum Gasteiger partial charge on any atom is -0.379 e. The summed E-state index contributed by atoms with van der Waals surface area (Å²) in [6.45, 7) is 4.78. The second-order valence-electron chi connectivity index (χ2n) is 5.02. The van der Waals surface area contributed by atoms with Gasteiger partial charge in [-0.15, -0.1) is 0 Å². The van der Waals surface area contributed by atoms with E-state index in [0.717, 1.165) is 38.2 Å². The Hall–Kier alpha value is -1.46. The molecule has 5 nitrogen and oxygen atoms in total. The summed E-state index contributed by atoms with van der Waals surface area (Å²) in [7, 11) is 0. The molecule has 0 spiro atoms. The van der Waals surface area contributed by atoms with Gasteiger partial charge in [-0.1, -0.05) is 6.07 Å². The van der Waals surface area contributed by atoms with Crippen LogP contribution in [0.15, 0.2) is 24.5 Å². The average Bonchev–Trinajstić information content (AvgIpc) is 2.39. The lowest BCUT2D eigenvalue weighted by Crippen LogP contribution is -2.51. The van der Waals surface area contributed by atoms with E-state index in [1.54, 1.807) is 12.4 Å². The fourth-order valence-electron chi connectivity index (χ4n) is 2.59. The molecule has 19 heavy (non-hydrogen) atoms. The van der Waals surface area contributed by atoms with E-state index in [0.29, 0.717) is 13.2 Å². The Morgan fingerprint density at radius 1 is 1.26 bits per heavy atom. The van der Waals surface area contributed by atoms with Gasteiger partial charge in [0.25, 0.3) is 0 Å². The van der Waals surface area contributed by atoms with E-state index in [2.05, 4.69) is 9.88 Å². The van der Waals surface area contributed by atoms with Crippen molar-refractivity contribution in [3.8, 4) is 0 Å². The fourth-order valence-corrected chi connectivity index (χ4v) is 2.59. The lowest BCUT2D eigenvalue weighted by molar-refractivity contribution is -0.142. The number of nitrogens with zero attached hydrogens (tertiary/aromatic N) is 3. The number of hydrogen-bond donors (Lipinski definition) is 0. The third kappa shape index (κ3) is 2.62. The first kappa shape index (κ1) is 12.6. The summed E-state index contributed by atoms with van der Waals surface area (Å²) < 4.78 is 5.38. The molecule has 0 radical (unpaired) electrons. The highest BCUT2D eigenvalue weighted by molar-refractivity contribution is 5.83. The fraction of sp³-hybridized carbons (Fsp3) is 0.571. The SMILES string of the molecule is O=C(C(c1cccnc1)N1CCOCC1)N1CCC1. The number of rotatable bonds is 3. The molecule has 0 saturated carbocycles. The van der Waals surface area contributed by atoms with E-state index in [9.17, 15) is 4.79 Å². The summed E-state index contributed by atoms with van der Waals surface area (Å²) >= 11 is 0. The molecule has 102 valence electrons. The van der Waals surface area contributed by atoms with E-state index in [4.69, 9.17) is 4.74 Å². The quantitative estimate of drug-likeness (QED) is 0.803. The highest BCUT2D eigenvalue weighted by atomic mass is 16.5. The van der Waals surface area contributed by atoms with Crippen LogP contribution >= 0.6 is 0 Å². The van der Waals surface area contributed by atoms with E-state index in [-0.39, 0.29) is 11.9 Å². The second kappa shape index (κ2) is 5.67. The lowest BCUT2D eigenvalue weighted by Gasteiger charge is -2.39. The normalized spacial score (nSPS) is 21.8. The molecule has 1 atom stereocenters. The summed E-state index contributed by atoms with van der Waals surface area (Å²) in [4.78, 5) is 20.9. The number of likely N-dealkylation sites (tertiary alicyclic amines) is 1. The summed E-state index contributed by atoms with van der Waals surface area (Å²) in [5.41, 5.74) is 0.987. The number of morpholine rings is 1. The monoisotopic (exact) mass is 261 g/mol. The summed E-state index contributed by atoms with van der Waals surface area (Å²) in [6, 6.07) is 3.69. The Balaban J connectivity index is 1.83. The van der Waals surface area contributed by atoms with Crippen LogP contribution in [-0.2, 0) is 9.53 Å². The first-order valence-electron chi connectivity index (χ1n) is 6.87. The van der Waals surface area contributed by atoms with Gasteiger partial charge in [-0.25, -0.2) is 0 Å². The summed E-state index contributed by atoms with van der Waals surface area (Å²) in [6.07, 6.45) is 4.67. The van der Waals surface area contributed by atoms with Gasteiger partial charge in [0.1, 0.15) is 6.04 Å². The first-order chi connectivity index (χ1) is 9.36. The number of aromatic nitrogens is 1. The number of pyridine rings is 1. The largest absolute Gasteiger partial charge is 0.379 e. The molecule has 2 aliphatic rings. The maximum atomic E-state index is 12.6. The molecule has 0 N–H and O–H groups in total. The van der Waals surface area contributed by atoms with E-state index < -0.39 is 0 Å². The second-order valence-corrected chi connectivity index (χ2v) is 5.02. The van der Waals surface area contributed by atoms with Gasteiger partial charge in [0, 0.05) is 38.6 Å². The molecule has 1 unspecified atom stereocenters. The zero-order valence-electron chi connectivity index (χ0n) is 11.0. The Morgan fingerprint density at radius 2 is 2.05 bits per heavy atom. The molecule has 1 amide bonds. The van der Waals surface area contributed by atoms with Crippen molar-refractivity contribution in [1.29, 1.82) is 0 Å². The van der Waals surface area contributed by atoms with Gasteiger partial charge in [0.2, 0.25) is 5.91 Å². The highest BCUT2D eigenvalue weighted by Gasteiger charge is 2.34. The minimum atomic E-state index is -0.196. The summed E-state index contributed by atoms with van der Waals surface area (Å²) in [5, 5.41) is 0. The van der Waals surface area contributed by atoms with Gasteiger partial charge in [0.05, 0.1) is 13.2 Å². The van der Waals surface area contributed by atoms with Crippen molar-refractivity contribution in [3.63, 3.8) is 0 Å². The van der Waals surface area contributed by atoms with Gasteiger partial charge in [-0.2, -0.15) is 0 Å². The Kier molecular flexibility index (Phi) is 3.75. The van der Waals surface area contributed by atoms with Gasteiger partial charge in [-0.3, -0.25) is 14.7 Å². The average molecular weight is 261 g/mol. The zero-order valence-corrected chi connectivity index (χ0v) is 11.0. The maximum absolute atomic E-state index is 12.6. The van der Waals surface area contributed by atoms with Crippen molar-refractivity contribution in [2.75, 3.05) is 39.4 Å². The molecule has 3 rings (SSSR count). The maximum Gasteiger partial charge on any atom is 0.244 e. The minimum absolute atomic E-state index is 0.196. The van der Waals surface area contributed by atoms with Crippen LogP contribution < -0.4 is 0 Å². The predicted molar refractivity (Wildman–Crippen MR) is 70.6 cm³/mol. The van der Waals surface area contributed by atoms with Gasteiger partial charge in [0.15, 0.2) is 0 Å². The van der Waals surface area contributed by atoms with E-state index >= 15 is 0 Å². The number of carbonyl (C=O) groups is 1. The zero-order chi connectivity index (χ0) is 13.1. The Bertz CT molecular complexity index is 428. The van der Waals surface area contributed by atoms with Gasteiger partial charge < -0.3 is 9.64 Å². The third-order valence-electron chi connectivity index (χ3n) is 3.81. The van der Waals surface area contributed by atoms with E-state index in [1.807, 2.05) is 17.0 Å². The molecule has 2 aliphatic heterocycles. The molecule has 0 bridgehead atoms. The first-order valence-corrected chi connectivity index (χ1v) is 6.87. The van der Waals surface area contributed by atoms with Gasteiger partial charge in [-0.05, 0) is 18.1 Å². The van der Waals surface area contributed by atoms with Gasteiger partial charge >= 0.3 is 0 Å². The molecule has 0 aliphatic carbocycles. The third-order valence-corrected chi connectivity index (χ3v) is 3.81. The van der Waals surface area contributed by atoms with Crippen molar-refractivity contribution >= 4 is 5.91 Å². The van der Waals surface area contributed by atoms with Crippen LogP contribution in [-0.4, -0.2) is 60.1 Å². The van der Waals surface area contributed by atoms with Crippen LogP contribution in [0, 0.1) is 0 Å². The smallest absolute Gasteiger partial charge is 0.244 e. The van der Waals surface area contributed by atoms with Crippen molar-refractivity contribution in [3.05, 3.63) is 30.1 Å². The Morgan fingerprint density at radius 3 is 2.63 bits per heavy atom. The van der Waals surface area contributed by atoms with Crippen molar-refractivity contribution < 1.29 is 9.53 Å². The van der Waals surface area contributed by atoms with Crippen molar-refractivity contribution in [2.24, 2.45) is 0 Å². The molecule has 1 aromatic rings.